The Labute approximate surface area is 194 Å². The lowest BCUT2D eigenvalue weighted by Gasteiger charge is -2.19. The number of aryl methyl sites for hydroxylation is 1. The highest BCUT2D eigenvalue weighted by Crippen LogP contribution is 2.30. The van der Waals surface area contributed by atoms with E-state index in [1.807, 2.05) is 6.08 Å². The second-order valence-electron chi connectivity index (χ2n) is 8.25. The molecular weight excluding hydrogens is 422 g/mol. The molecule has 7 heteroatoms. The predicted octanol–water partition coefficient (Wildman–Crippen LogP) is 3.63. The third-order valence-electron chi connectivity index (χ3n) is 5.83. The first-order valence-corrected chi connectivity index (χ1v) is 11.0. The number of carbonyl (C=O) groups is 1. The van der Waals surface area contributed by atoms with Crippen LogP contribution in [-0.2, 0) is 17.6 Å². The summed E-state index contributed by atoms with van der Waals surface area (Å²) in [5.41, 5.74) is 2.81. The molecule has 0 spiro atoms. The average molecular weight is 454 g/mol. The third kappa shape index (κ3) is 6.83. The van der Waals surface area contributed by atoms with E-state index in [2.05, 4.69) is 4.99 Å². The van der Waals surface area contributed by atoms with Crippen molar-refractivity contribution in [3.63, 3.8) is 0 Å². The van der Waals surface area contributed by atoms with Crippen molar-refractivity contribution in [1.29, 1.82) is 0 Å². The van der Waals surface area contributed by atoms with Gasteiger partial charge in [-0.05, 0) is 66.6 Å². The van der Waals surface area contributed by atoms with Crippen LogP contribution in [0.15, 0.2) is 53.0 Å². The molecule has 2 unspecified atom stereocenters. The maximum absolute atomic E-state index is 13.2. The van der Waals surface area contributed by atoms with Gasteiger partial charge in [-0.1, -0.05) is 18.2 Å². The molecular formula is C26H31NO6. The lowest BCUT2D eigenvalue weighted by atomic mass is 9.86. The number of methoxy groups -OCH3 is 2. The van der Waals surface area contributed by atoms with Gasteiger partial charge < -0.3 is 24.8 Å². The fourth-order valence-corrected chi connectivity index (χ4v) is 3.96. The first-order chi connectivity index (χ1) is 15.9. The number of aromatic hydroxyl groups is 2. The van der Waals surface area contributed by atoms with E-state index in [0.29, 0.717) is 43.7 Å². The maximum atomic E-state index is 13.2. The molecule has 0 bridgehead atoms. The zero-order valence-corrected chi connectivity index (χ0v) is 19.0. The molecule has 0 amide bonds. The average Bonchev–Trinajstić information content (AvgIpc) is 3.32. The highest BCUT2D eigenvalue weighted by Gasteiger charge is 2.24. The number of aliphatic hydroxyl groups excluding tert-OH is 1. The van der Waals surface area contributed by atoms with Crippen molar-refractivity contribution < 1.29 is 29.6 Å². The Bertz CT molecular complexity index is 1030. The molecule has 33 heavy (non-hydrogen) atoms. The third-order valence-corrected chi connectivity index (χ3v) is 5.83. The minimum Gasteiger partial charge on any atom is -0.504 e. The number of nitrogens with zero attached hydrogens (tertiary/aromatic N) is 1. The number of Topliss-reactive ketones (excluding diaryl/α,β-unsaturated/α-hetero) is 1. The van der Waals surface area contributed by atoms with E-state index in [1.165, 1.54) is 14.2 Å². The first kappa shape index (κ1) is 24.3. The van der Waals surface area contributed by atoms with Gasteiger partial charge in [-0.25, -0.2) is 0 Å². The van der Waals surface area contributed by atoms with Crippen LogP contribution >= 0.6 is 0 Å². The molecule has 1 heterocycles. The van der Waals surface area contributed by atoms with Gasteiger partial charge in [-0.2, -0.15) is 0 Å². The Balaban J connectivity index is 1.64. The normalized spacial score (nSPS) is 14.6. The summed E-state index contributed by atoms with van der Waals surface area (Å²) in [6.45, 7) is 0.627. The number of allylic oxidation sites excluding steroid dienone is 1. The van der Waals surface area contributed by atoms with Crippen LogP contribution in [0.2, 0.25) is 0 Å². The number of hydrogen-bond donors (Lipinski definition) is 3. The molecule has 3 rings (SSSR count). The molecule has 0 fully saturated rings. The van der Waals surface area contributed by atoms with Crippen molar-refractivity contribution in [2.75, 3.05) is 20.8 Å². The van der Waals surface area contributed by atoms with Crippen molar-refractivity contribution in [3.8, 4) is 23.0 Å². The van der Waals surface area contributed by atoms with Crippen LogP contribution in [0.4, 0.5) is 0 Å². The van der Waals surface area contributed by atoms with Crippen LogP contribution in [0, 0.1) is 5.92 Å². The first-order valence-electron chi connectivity index (χ1n) is 11.0. The van der Waals surface area contributed by atoms with Crippen molar-refractivity contribution in [2.45, 2.75) is 38.2 Å². The number of hydrogen-bond acceptors (Lipinski definition) is 7. The van der Waals surface area contributed by atoms with E-state index in [0.717, 1.165) is 16.7 Å². The summed E-state index contributed by atoms with van der Waals surface area (Å²) >= 11 is 0. The van der Waals surface area contributed by atoms with E-state index in [-0.39, 0.29) is 29.6 Å². The van der Waals surface area contributed by atoms with E-state index >= 15 is 0 Å². The maximum Gasteiger partial charge on any atom is 0.160 e. The zero-order chi connectivity index (χ0) is 23.8. The number of carbonyl (C=O) groups excluding carboxylic acids is 1. The van der Waals surface area contributed by atoms with Crippen LogP contribution in [0.25, 0.3) is 0 Å². The molecule has 176 valence electrons. The number of ether oxygens (including phenoxy) is 2. The van der Waals surface area contributed by atoms with E-state index < -0.39 is 6.10 Å². The Morgan fingerprint density at radius 1 is 1.00 bits per heavy atom. The highest BCUT2D eigenvalue weighted by molar-refractivity contribution is 5.86. The minimum absolute atomic E-state index is 0.0148. The molecule has 2 aromatic carbocycles. The topological polar surface area (TPSA) is 109 Å². The van der Waals surface area contributed by atoms with Gasteiger partial charge in [0.15, 0.2) is 23.0 Å². The fraction of sp³-hybridized carbons (Fsp3) is 0.385. The van der Waals surface area contributed by atoms with E-state index in [9.17, 15) is 20.1 Å². The smallest absolute Gasteiger partial charge is 0.160 e. The van der Waals surface area contributed by atoms with Gasteiger partial charge in [0, 0.05) is 18.6 Å². The van der Waals surface area contributed by atoms with Gasteiger partial charge in [0.25, 0.3) is 0 Å². The standard InChI is InChI=1S/C26H31NO6/c1-32-25-13-17(4-7-22(25)29)3-6-21(28)15-24(31)20(12-19-9-10-27-16-19)11-18-5-8-23(30)26(14-18)33-2/h4-5,7-9,13-14,16,20-21,28-30H,3,6,10-12,15H2,1-2H3. The summed E-state index contributed by atoms with van der Waals surface area (Å²) in [4.78, 5) is 17.4. The number of benzene rings is 2. The minimum atomic E-state index is -0.777. The molecule has 2 atom stereocenters. The van der Waals surface area contributed by atoms with E-state index in [1.54, 1.807) is 42.6 Å². The largest absolute Gasteiger partial charge is 0.504 e. The van der Waals surface area contributed by atoms with E-state index in [4.69, 9.17) is 9.47 Å². The summed E-state index contributed by atoms with van der Waals surface area (Å²) in [7, 11) is 2.97. The molecule has 0 aliphatic carbocycles. The summed E-state index contributed by atoms with van der Waals surface area (Å²) in [5, 5.41) is 30.1. The lowest BCUT2D eigenvalue weighted by Crippen LogP contribution is -2.23. The van der Waals surface area contributed by atoms with Crippen LogP contribution in [0.5, 0.6) is 23.0 Å². The molecule has 0 aromatic heterocycles. The Morgan fingerprint density at radius 3 is 2.24 bits per heavy atom. The number of aliphatic hydroxyl groups is 1. The van der Waals surface area contributed by atoms with Crippen molar-refractivity contribution in [1.82, 2.24) is 0 Å². The number of aliphatic imine (C=N–C) groups is 1. The van der Waals surface area contributed by atoms with Crippen molar-refractivity contribution in [2.24, 2.45) is 10.9 Å². The summed E-state index contributed by atoms with van der Waals surface area (Å²) in [6.07, 6.45) is 5.08. The predicted molar refractivity (Wildman–Crippen MR) is 127 cm³/mol. The van der Waals surface area contributed by atoms with Gasteiger partial charge >= 0.3 is 0 Å². The quantitative estimate of drug-likeness (QED) is 0.453. The fourth-order valence-electron chi connectivity index (χ4n) is 3.96. The summed E-state index contributed by atoms with van der Waals surface area (Å²) in [6, 6.07) is 10.2. The number of rotatable bonds is 12. The molecule has 7 nitrogen and oxygen atoms in total. The Morgan fingerprint density at radius 2 is 1.64 bits per heavy atom. The Hall–Kier alpha value is -3.32. The second kappa shape index (κ2) is 11.5. The molecule has 1 aliphatic rings. The SMILES string of the molecule is COc1cc(CCC(O)CC(=O)C(CC2=CCN=C2)Cc2ccc(O)c(OC)c2)ccc1O. The monoisotopic (exact) mass is 453 g/mol. The molecule has 1 aliphatic heterocycles. The van der Waals surface area contributed by atoms with Crippen LogP contribution in [0.3, 0.4) is 0 Å². The van der Waals surface area contributed by atoms with Gasteiger partial charge in [-0.15, -0.1) is 0 Å². The molecule has 0 saturated heterocycles. The van der Waals surface area contributed by atoms with Gasteiger partial charge in [0.2, 0.25) is 0 Å². The Kier molecular flexibility index (Phi) is 8.49. The lowest BCUT2D eigenvalue weighted by molar-refractivity contribution is -0.124. The molecule has 0 saturated carbocycles. The summed E-state index contributed by atoms with van der Waals surface area (Å²) in [5.74, 6) is 0.530. The summed E-state index contributed by atoms with van der Waals surface area (Å²) < 4.78 is 10.3. The van der Waals surface area contributed by atoms with Crippen molar-refractivity contribution >= 4 is 12.0 Å². The van der Waals surface area contributed by atoms with Crippen LogP contribution in [0.1, 0.15) is 30.4 Å². The number of ketones is 1. The number of phenols is 2. The van der Waals surface area contributed by atoms with Gasteiger partial charge in [-0.3, -0.25) is 9.79 Å². The van der Waals surface area contributed by atoms with Gasteiger partial charge in [0.05, 0.1) is 26.9 Å². The number of phenolic OH excluding ortho intramolecular Hbond substituents is 2. The van der Waals surface area contributed by atoms with Crippen molar-refractivity contribution in [3.05, 3.63) is 59.2 Å². The highest BCUT2D eigenvalue weighted by atomic mass is 16.5. The molecule has 2 aromatic rings. The van der Waals surface area contributed by atoms with Crippen LogP contribution in [-0.4, -0.2) is 54.2 Å². The van der Waals surface area contributed by atoms with Gasteiger partial charge in [0.1, 0.15) is 5.78 Å². The second-order valence-corrected chi connectivity index (χ2v) is 8.25. The molecule has 0 radical (unpaired) electrons. The zero-order valence-electron chi connectivity index (χ0n) is 19.0. The van der Waals surface area contributed by atoms with Crippen LogP contribution < -0.4 is 9.47 Å². The molecule has 3 N–H and O–H groups in total.